The summed E-state index contributed by atoms with van der Waals surface area (Å²) in [5, 5.41) is 14.5. The minimum Gasteiger partial charge on any atom is -1.00 e. The topological polar surface area (TPSA) is 82.6 Å². The first-order chi connectivity index (χ1) is 1.91. The van der Waals surface area contributed by atoms with E-state index in [1.54, 1.807) is 0 Å². The zero-order valence-electron chi connectivity index (χ0n) is 4.60. The third-order valence-corrected chi connectivity index (χ3v) is 0.0500. The molecule has 0 amide bonds. The second kappa shape index (κ2) is 20.4. The molecule has 0 spiro atoms. The van der Waals surface area contributed by atoms with Crippen LogP contribution >= 0.6 is 0 Å². The summed E-state index contributed by atoms with van der Waals surface area (Å²) in [4.78, 5) is 0. The van der Waals surface area contributed by atoms with Crippen LogP contribution in [-0.2, 0) is 0 Å². The SMILES string of the molecule is N.N#CC#N.[H-].[Na+]. The van der Waals surface area contributed by atoms with E-state index in [0.717, 1.165) is 0 Å². The molecule has 3 N–H and O–H groups in total. The summed E-state index contributed by atoms with van der Waals surface area (Å²) in [6.45, 7) is 0. The van der Waals surface area contributed by atoms with Crippen LogP contribution in [0.2, 0.25) is 0 Å². The maximum absolute atomic E-state index is 7.26. The van der Waals surface area contributed by atoms with Crippen molar-refractivity contribution in [1.29, 1.82) is 10.5 Å². The molecule has 0 heterocycles. The van der Waals surface area contributed by atoms with Gasteiger partial charge >= 0.3 is 29.6 Å². The fourth-order valence-electron chi connectivity index (χ4n) is 0. The van der Waals surface area contributed by atoms with Gasteiger partial charge in [-0.15, -0.1) is 0 Å². The van der Waals surface area contributed by atoms with Crippen LogP contribution in [0, 0.1) is 22.7 Å². The molecule has 0 atom stereocenters. The van der Waals surface area contributed by atoms with Gasteiger partial charge in [-0.3, -0.25) is 0 Å². The summed E-state index contributed by atoms with van der Waals surface area (Å²) in [5.74, 6) is 0. The number of nitriles is 2. The fourth-order valence-corrected chi connectivity index (χ4v) is 0. The van der Waals surface area contributed by atoms with Crippen molar-refractivity contribution in [2.75, 3.05) is 0 Å². The number of nitrogens with zero attached hydrogens (tertiary/aromatic N) is 2. The average molecular weight is 93.1 g/mol. The third-order valence-electron chi connectivity index (χ3n) is 0.0500. The van der Waals surface area contributed by atoms with E-state index in [9.17, 15) is 0 Å². The van der Waals surface area contributed by atoms with Crippen molar-refractivity contribution in [3.63, 3.8) is 0 Å². The quantitative estimate of drug-likeness (QED) is 0.331. The predicted octanol–water partition coefficient (Wildman–Crippen LogP) is -2.69. The van der Waals surface area contributed by atoms with Crippen molar-refractivity contribution in [3.8, 4) is 12.1 Å². The molecule has 0 aromatic rings. The summed E-state index contributed by atoms with van der Waals surface area (Å²) in [5.41, 5.74) is 0. The molecular formula is C2H4N3Na. The van der Waals surface area contributed by atoms with Crippen molar-refractivity contribution in [2.24, 2.45) is 0 Å². The molecule has 0 saturated carbocycles. The second-order valence-electron chi connectivity index (χ2n) is 0.224. The zero-order chi connectivity index (χ0) is 3.41. The third kappa shape index (κ3) is 38.5. The van der Waals surface area contributed by atoms with E-state index >= 15 is 0 Å². The molecule has 0 aliphatic rings. The Balaban J connectivity index is -0.0000000150. The van der Waals surface area contributed by atoms with E-state index in [4.69, 9.17) is 10.5 Å². The van der Waals surface area contributed by atoms with Gasteiger partial charge in [0.2, 0.25) is 0 Å². The van der Waals surface area contributed by atoms with Crippen molar-refractivity contribution in [2.45, 2.75) is 0 Å². The van der Waals surface area contributed by atoms with Gasteiger partial charge in [-0.2, -0.15) is 10.5 Å². The maximum atomic E-state index is 7.26. The number of rotatable bonds is 0. The Morgan fingerprint density at radius 2 is 1.33 bits per heavy atom. The van der Waals surface area contributed by atoms with E-state index in [1.165, 1.54) is 12.1 Å². The van der Waals surface area contributed by atoms with Crippen LogP contribution in [0.15, 0.2) is 0 Å². The largest absolute Gasteiger partial charge is 1.00 e. The van der Waals surface area contributed by atoms with Crippen LogP contribution in [0.25, 0.3) is 0 Å². The van der Waals surface area contributed by atoms with Gasteiger partial charge in [0.15, 0.2) is 12.1 Å². The Morgan fingerprint density at radius 1 is 1.17 bits per heavy atom. The number of hydrogen-bond donors (Lipinski definition) is 1. The van der Waals surface area contributed by atoms with Gasteiger partial charge in [0.25, 0.3) is 0 Å². The average Bonchev–Trinajstić information content (AvgIpc) is 1.37. The van der Waals surface area contributed by atoms with E-state index < -0.39 is 0 Å². The van der Waals surface area contributed by atoms with E-state index in [-0.39, 0.29) is 37.1 Å². The molecular weight excluding hydrogens is 89.0 g/mol. The first-order valence-corrected chi connectivity index (χ1v) is 0.697. The van der Waals surface area contributed by atoms with E-state index in [0.29, 0.717) is 0 Å². The second-order valence-corrected chi connectivity index (χ2v) is 0.224. The minimum atomic E-state index is 0. The van der Waals surface area contributed by atoms with Crippen molar-refractivity contribution >= 4 is 0 Å². The normalized spacial score (nSPS) is 1.67. The Hall–Kier alpha value is -0.0600. The molecule has 0 bridgehead atoms. The Bertz CT molecular complexity index is 67.9. The standard InChI is InChI=1S/C2N2.H3N.Na.H/c3-1-2-4;;;/h;1H3;;/q;;+1;-1. The Kier molecular flexibility index (Phi) is 57.0. The molecule has 28 valence electrons. The molecule has 4 heteroatoms. The van der Waals surface area contributed by atoms with Crippen LogP contribution in [0.5, 0.6) is 0 Å². The van der Waals surface area contributed by atoms with Gasteiger partial charge in [0, 0.05) is 0 Å². The smallest absolute Gasteiger partial charge is 1.00 e. The molecule has 3 nitrogen and oxygen atoms in total. The molecule has 0 fully saturated rings. The van der Waals surface area contributed by atoms with Gasteiger partial charge in [-0.25, -0.2) is 0 Å². The molecule has 0 aromatic heterocycles. The number of hydrogen-bond acceptors (Lipinski definition) is 3. The van der Waals surface area contributed by atoms with Gasteiger partial charge in [-0.1, -0.05) is 0 Å². The van der Waals surface area contributed by atoms with Crippen LogP contribution in [0.4, 0.5) is 0 Å². The molecule has 0 aromatic carbocycles. The van der Waals surface area contributed by atoms with E-state index in [1.807, 2.05) is 0 Å². The summed E-state index contributed by atoms with van der Waals surface area (Å²) in [7, 11) is 0. The van der Waals surface area contributed by atoms with Gasteiger partial charge < -0.3 is 7.58 Å². The maximum Gasteiger partial charge on any atom is 1.00 e. The van der Waals surface area contributed by atoms with Gasteiger partial charge in [0.1, 0.15) is 0 Å². The molecule has 0 saturated heterocycles. The molecule has 0 radical (unpaired) electrons. The monoisotopic (exact) mass is 93.0 g/mol. The summed E-state index contributed by atoms with van der Waals surface area (Å²) in [6, 6.07) is 2.47. The van der Waals surface area contributed by atoms with E-state index in [2.05, 4.69) is 0 Å². The summed E-state index contributed by atoms with van der Waals surface area (Å²) < 4.78 is 0. The molecule has 0 aliphatic heterocycles. The summed E-state index contributed by atoms with van der Waals surface area (Å²) in [6.07, 6.45) is 0. The Morgan fingerprint density at radius 3 is 1.33 bits per heavy atom. The summed E-state index contributed by atoms with van der Waals surface area (Å²) >= 11 is 0. The van der Waals surface area contributed by atoms with Crippen LogP contribution in [0.3, 0.4) is 0 Å². The first-order valence-electron chi connectivity index (χ1n) is 0.697. The van der Waals surface area contributed by atoms with Crippen LogP contribution in [-0.4, -0.2) is 0 Å². The van der Waals surface area contributed by atoms with Crippen molar-refractivity contribution in [1.82, 2.24) is 6.15 Å². The molecule has 0 aliphatic carbocycles. The van der Waals surface area contributed by atoms with Gasteiger partial charge in [0.05, 0.1) is 0 Å². The van der Waals surface area contributed by atoms with Crippen LogP contribution < -0.4 is 35.7 Å². The van der Waals surface area contributed by atoms with Gasteiger partial charge in [-0.05, 0) is 0 Å². The fraction of sp³-hybridized carbons (Fsp3) is 0. The molecule has 0 rings (SSSR count). The zero-order valence-corrected chi connectivity index (χ0v) is 5.60. The van der Waals surface area contributed by atoms with Crippen molar-refractivity contribution < 1.29 is 31.0 Å². The molecule has 6 heavy (non-hydrogen) atoms. The molecule has 0 unspecified atom stereocenters. The minimum absolute atomic E-state index is 0. The Labute approximate surface area is 59.9 Å². The first kappa shape index (κ1) is 16.8. The van der Waals surface area contributed by atoms with Crippen LogP contribution in [0.1, 0.15) is 1.43 Å². The predicted molar refractivity (Wildman–Crippen MR) is 17.4 cm³/mol. The van der Waals surface area contributed by atoms with Crippen molar-refractivity contribution in [3.05, 3.63) is 0 Å².